The van der Waals surface area contributed by atoms with Crippen molar-refractivity contribution in [3.63, 3.8) is 0 Å². The number of rotatable bonds is 3. The Morgan fingerprint density at radius 1 is 1.29 bits per heavy atom. The van der Waals surface area contributed by atoms with Crippen LogP contribution < -0.4 is 0 Å². The van der Waals surface area contributed by atoms with E-state index >= 15 is 0 Å². The molecule has 1 heterocycles. The van der Waals surface area contributed by atoms with E-state index in [2.05, 4.69) is 11.1 Å². The van der Waals surface area contributed by atoms with Crippen molar-refractivity contribution in [1.82, 2.24) is 4.98 Å². The topological polar surface area (TPSA) is 63.3 Å². The molecule has 0 aliphatic heterocycles. The molecule has 0 atom stereocenters. The van der Waals surface area contributed by atoms with Crippen LogP contribution in [0.25, 0.3) is 11.5 Å². The van der Waals surface area contributed by atoms with Gasteiger partial charge in [0.1, 0.15) is 6.26 Å². The second kappa shape index (κ2) is 4.41. The van der Waals surface area contributed by atoms with E-state index in [1.165, 1.54) is 6.26 Å². The molecule has 4 nitrogen and oxygen atoms in total. The van der Waals surface area contributed by atoms with Gasteiger partial charge in [0.2, 0.25) is 5.89 Å². The number of oxazole rings is 1. The molecule has 0 saturated carbocycles. The monoisotopic (exact) mass is 231 g/mol. The molecule has 2 rings (SSSR count). The van der Waals surface area contributed by atoms with Gasteiger partial charge in [0.15, 0.2) is 0 Å². The van der Waals surface area contributed by atoms with Gasteiger partial charge in [0.05, 0.1) is 12.1 Å². The van der Waals surface area contributed by atoms with Gasteiger partial charge < -0.3 is 9.52 Å². The van der Waals surface area contributed by atoms with E-state index in [-0.39, 0.29) is 6.42 Å². The molecule has 1 N–H and O–H groups in total. The number of carboxylic acid groups (broad SMARTS) is 1. The van der Waals surface area contributed by atoms with E-state index in [0.29, 0.717) is 11.6 Å². The predicted molar refractivity (Wildman–Crippen MR) is 62.8 cm³/mol. The lowest BCUT2D eigenvalue weighted by atomic mass is 10.1. The molecule has 1 aromatic carbocycles. The second-order valence-corrected chi connectivity index (χ2v) is 4.09. The molecule has 0 saturated heterocycles. The Morgan fingerprint density at radius 2 is 1.94 bits per heavy atom. The first kappa shape index (κ1) is 11.4. The average Bonchev–Trinajstić information content (AvgIpc) is 2.63. The number of hydrogen-bond acceptors (Lipinski definition) is 3. The summed E-state index contributed by atoms with van der Waals surface area (Å²) in [6, 6.07) is 5.98. The van der Waals surface area contributed by atoms with E-state index in [4.69, 9.17) is 9.52 Å². The Hall–Kier alpha value is -2.10. The van der Waals surface area contributed by atoms with Crippen molar-refractivity contribution in [2.75, 3.05) is 0 Å². The number of carboxylic acids is 1. The molecular weight excluding hydrogens is 218 g/mol. The summed E-state index contributed by atoms with van der Waals surface area (Å²) < 4.78 is 5.29. The van der Waals surface area contributed by atoms with Crippen molar-refractivity contribution in [2.45, 2.75) is 20.3 Å². The minimum Gasteiger partial charge on any atom is -0.481 e. The van der Waals surface area contributed by atoms with Crippen LogP contribution in [-0.2, 0) is 11.2 Å². The summed E-state index contributed by atoms with van der Waals surface area (Å²) in [5.41, 5.74) is 3.56. The number of nitrogens with zero attached hydrogens (tertiary/aromatic N) is 1. The summed E-state index contributed by atoms with van der Waals surface area (Å²) in [7, 11) is 0. The molecule has 2 aromatic rings. The van der Waals surface area contributed by atoms with E-state index in [9.17, 15) is 4.79 Å². The maximum atomic E-state index is 10.5. The summed E-state index contributed by atoms with van der Waals surface area (Å²) in [4.78, 5) is 14.7. The highest BCUT2D eigenvalue weighted by Crippen LogP contribution is 2.21. The Balaban J connectivity index is 2.33. The summed E-state index contributed by atoms with van der Waals surface area (Å²) >= 11 is 0. The number of aromatic nitrogens is 1. The van der Waals surface area contributed by atoms with Crippen LogP contribution in [0.1, 0.15) is 16.8 Å². The highest BCUT2D eigenvalue weighted by atomic mass is 16.4. The van der Waals surface area contributed by atoms with Crippen molar-refractivity contribution in [3.8, 4) is 11.5 Å². The third kappa shape index (κ3) is 2.72. The first-order valence-electron chi connectivity index (χ1n) is 5.29. The van der Waals surface area contributed by atoms with Crippen molar-refractivity contribution >= 4 is 5.97 Å². The predicted octanol–water partition coefficient (Wildman–Crippen LogP) is 2.59. The molecular formula is C13H13NO3. The van der Waals surface area contributed by atoms with Crippen LogP contribution in [0.2, 0.25) is 0 Å². The van der Waals surface area contributed by atoms with Crippen molar-refractivity contribution in [2.24, 2.45) is 0 Å². The Bertz CT molecular complexity index is 537. The molecule has 0 amide bonds. The van der Waals surface area contributed by atoms with Crippen LogP contribution in [0, 0.1) is 13.8 Å². The Morgan fingerprint density at radius 3 is 2.53 bits per heavy atom. The van der Waals surface area contributed by atoms with Gasteiger partial charge >= 0.3 is 5.97 Å². The number of carbonyl (C=O) groups is 1. The zero-order valence-corrected chi connectivity index (χ0v) is 9.73. The van der Waals surface area contributed by atoms with Gasteiger partial charge in [-0.15, -0.1) is 0 Å². The van der Waals surface area contributed by atoms with Gasteiger partial charge in [-0.2, -0.15) is 0 Å². The zero-order valence-electron chi connectivity index (χ0n) is 9.73. The van der Waals surface area contributed by atoms with Crippen molar-refractivity contribution < 1.29 is 14.3 Å². The second-order valence-electron chi connectivity index (χ2n) is 4.09. The number of benzene rings is 1. The maximum Gasteiger partial charge on any atom is 0.309 e. The third-order valence-corrected chi connectivity index (χ3v) is 2.35. The summed E-state index contributed by atoms with van der Waals surface area (Å²) in [6.07, 6.45) is 1.27. The fraction of sp³-hybridized carbons (Fsp3) is 0.231. The minimum atomic E-state index is -0.912. The Labute approximate surface area is 98.9 Å². The molecule has 0 unspecified atom stereocenters. The van der Waals surface area contributed by atoms with Gasteiger partial charge in [0, 0.05) is 5.56 Å². The molecule has 0 aliphatic carbocycles. The third-order valence-electron chi connectivity index (χ3n) is 2.35. The molecule has 0 fully saturated rings. The first-order chi connectivity index (χ1) is 8.04. The van der Waals surface area contributed by atoms with Crippen LogP contribution in [0.4, 0.5) is 0 Å². The minimum absolute atomic E-state index is 0.117. The molecule has 1 aromatic heterocycles. The standard InChI is InChI=1S/C13H13NO3/c1-8-3-9(2)5-10(4-8)13-14-11(7-17-13)6-12(15)16/h3-5,7H,6H2,1-2H3,(H,15,16). The van der Waals surface area contributed by atoms with Crippen molar-refractivity contribution in [3.05, 3.63) is 41.3 Å². The first-order valence-corrected chi connectivity index (χ1v) is 5.29. The summed E-state index contributed by atoms with van der Waals surface area (Å²) in [5.74, 6) is -0.446. The largest absolute Gasteiger partial charge is 0.481 e. The van der Waals surface area contributed by atoms with E-state index < -0.39 is 5.97 Å². The Kier molecular flexibility index (Phi) is 2.95. The lowest BCUT2D eigenvalue weighted by molar-refractivity contribution is -0.136. The quantitative estimate of drug-likeness (QED) is 0.881. The number of hydrogen-bond donors (Lipinski definition) is 1. The number of aryl methyl sites for hydroxylation is 2. The van der Waals surface area contributed by atoms with E-state index in [1.54, 1.807) is 0 Å². The lowest BCUT2D eigenvalue weighted by Gasteiger charge is -2.00. The summed E-state index contributed by atoms with van der Waals surface area (Å²) in [5, 5.41) is 8.65. The van der Waals surface area contributed by atoms with Gasteiger partial charge in [0.25, 0.3) is 0 Å². The normalized spacial score (nSPS) is 10.5. The molecule has 88 valence electrons. The molecule has 17 heavy (non-hydrogen) atoms. The fourth-order valence-corrected chi connectivity index (χ4v) is 1.77. The molecule has 0 aliphatic rings. The lowest BCUT2D eigenvalue weighted by Crippen LogP contribution is -1.99. The van der Waals surface area contributed by atoms with E-state index in [0.717, 1.165) is 16.7 Å². The summed E-state index contributed by atoms with van der Waals surface area (Å²) in [6.45, 7) is 4.00. The van der Waals surface area contributed by atoms with Gasteiger partial charge in [-0.3, -0.25) is 4.79 Å². The maximum absolute atomic E-state index is 10.5. The van der Waals surface area contributed by atoms with Crippen LogP contribution in [0.15, 0.2) is 28.9 Å². The molecule has 0 spiro atoms. The SMILES string of the molecule is Cc1cc(C)cc(-c2nc(CC(=O)O)co2)c1. The highest BCUT2D eigenvalue weighted by molar-refractivity contribution is 5.69. The van der Waals surface area contributed by atoms with Gasteiger partial charge in [-0.05, 0) is 26.0 Å². The van der Waals surface area contributed by atoms with Crippen molar-refractivity contribution in [1.29, 1.82) is 0 Å². The van der Waals surface area contributed by atoms with Gasteiger partial charge in [-0.25, -0.2) is 4.98 Å². The van der Waals surface area contributed by atoms with Crippen LogP contribution >= 0.6 is 0 Å². The molecule has 0 radical (unpaired) electrons. The number of aliphatic carboxylic acids is 1. The molecule has 0 bridgehead atoms. The fourth-order valence-electron chi connectivity index (χ4n) is 1.77. The molecule has 4 heteroatoms. The highest BCUT2D eigenvalue weighted by Gasteiger charge is 2.10. The van der Waals surface area contributed by atoms with Gasteiger partial charge in [-0.1, -0.05) is 17.2 Å². The van der Waals surface area contributed by atoms with E-state index in [1.807, 2.05) is 26.0 Å². The van der Waals surface area contributed by atoms with Crippen LogP contribution in [-0.4, -0.2) is 16.1 Å². The zero-order chi connectivity index (χ0) is 12.4. The average molecular weight is 231 g/mol. The van der Waals surface area contributed by atoms with Crippen LogP contribution in [0.3, 0.4) is 0 Å². The smallest absolute Gasteiger partial charge is 0.309 e. The van der Waals surface area contributed by atoms with Crippen LogP contribution in [0.5, 0.6) is 0 Å².